The van der Waals surface area contributed by atoms with Gasteiger partial charge in [0.2, 0.25) is 0 Å². The van der Waals surface area contributed by atoms with E-state index in [1.54, 1.807) is 14.2 Å². The standard InChI is InChI=1S/C17H28N2O2/c1-12(2)11-17(18,13(3)19(4)5)15-10-14(20-6)8-9-16(15)21-7/h8-10,13H,1,11,18H2,2-7H3. The van der Waals surface area contributed by atoms with Crippen molar-refractivity contribution >= 4 is 0 Å². The van der Waals surface area contributed by atoms with Gasteiger partial charge in [0, 0.05) is 11.6 Å². The van der Waals surface area contributed by atoms with Crippen molar-refractivity contribution in [1.82, 2.24) is 4.90 Å². The van der Waals surface area contributed by atoms with Crippen molar-refractivity contribution in [2.45, 2.75) is 31.8 Å². The highest BCUT2D eigenvalue weighted by Crippen LogP contribution is 2.38. The molecule has 0 heterocycles. The van der Waals surface area contributed by atoms with E-state index in [0.717, 1.165) is 22.6 Å². The van der Waals surface area contributed by atoms with E-state index in [0.29, 0.717) is 6.42 Å². The maximum Gasteiger partial charge on any atom is 0.124 e. The summed E-state index contributed by atoms with van der Waals surface area (Å²) < 4.78 is 10.9. The smallest absolute Gasteiger partial charge is 0.124 e. The lowest BCUT2D eigenvalue weighted by Crippen LogP contribution is -2.53. The molecule has 1 aromatic carbocycles. The van der Waals surface area contributed by atoms with Crippen LogP contribution in [0.15, 0.2) is 30.4 Å². The molecule has 0 amide bonds. The summed E-state index contributed by atoms with van der Waals surface area (Å²) >= 11 is 0. The second-order valence-electron chi connectivity index (χ2n) is 5.88. The molecule has 0 aliphatic carbocycles. The van der Waals surface area contributed by atoms with Crippen molar-refractivity contribution in [3.8, 4) is 11.5 Å². The molecular formula is C17H28N2O2. The average Bonchev–Trinajstić information content (AvgIpc) is 2.44. The van der Waals surface area contributed by atoms with Crippen LogP contribution in [0.25, 0.3) is 0 Å². The molecule has 0 aliphatic heterocycles. The van der Waals surface area contributed by atoms with Crippen LogP contribution in [0.5, 0.6) is 11.5 Å². The minimum absolute atomic E-state index is 0.107. The Bertz CT molecular complexity index is 500. The Morgan fingerprint density at radius 3 is 2.38 bits per heavy atom. The number of benzene rings is 1. The Morgan fingerprint density at radius 1 is 1.33 bits per heavy atom. The summed E-state index contributed by atoms with van der Waals surface area (Å²) in [5, 5.41) is 0. The highest BCUT2D eigenvalue weighted by molar-refractivity contribution is 5.46. The summed E-state index contributed by atoms with van der Waals surface area (Å²) in [4.78, 5) is 2.11. The van der Waals surface area contributed by atoms with E-state index in [4.69, 9.17) is 15.2 Å². The molecule has 0 aromatic heterocycles. The zero-order valence-corrected chi connectivity index (χ0v) is 14.1. The molecule has 2 atom stereocenters. The number of hydrogen-bond acceptors (Lipinski definition) is 4. The first kappa shape index (κ1) is 17.5. The fourth-order valence-corrected chi connectivity index (χ4v) is 2.61. The number of nitrogens with two attached hydrogens (primary N) is 1. The maximum absolute atomic E-state index is 6.83. The zero-order chi connectivity index (χ0) is 16.2. The van der Waals surface area contributed by atoms with Crippen molar-refractivity contribution in [1.29, 1.82) is 0 Å². The van der Waals surface area contributed by atoms with Gasteiger partial charge in [-0.05, 0) is 52.6 Å². The van der Waals surface area contributed by atoms with Gasteiger partial charge in [0.05, 0.1) is 19.8 Å². The van der Waals surface area contributed by atoms with Gasteiger partial charge >= 0.3 is 0 Å². The Hall–Kier alpha value is -1.52. The molecule has 1 aromatic rings. The maximum atomic E-state index is 6.83. The minimum atomic E-state index is -0.602. The molecular weight excluding hydrogens is 264 g/mol. The number of methoxy groups -OCH3 is 2. The van der Waals surface area contributed by atoms with Crippen molar-refractivity contribution < 1.29 is 9.47 Å². The number of rotatable bonds is 7. The molecule has 0 saturated heterocycles. The van der Waals surface area contributed by atoms with E-state index in [1.165, 1.54) is 0 Å². The third-order valence-corrected chi connectivity index (χ3v) is 4.02. The van der Waals surface area contributed by atoms with Gasteiger partial charge < -0.3 is 20.1 Å². The van der Waals surface area contributed by atoms with Gasteiger partial charge in [0.1, 0.15) is 11.5 Å². The number of nitrogens with zero attached hydrogens (tertiary/aromatic N) is 1. The van der Waals surface area contributed by atoms with Gasteiger partial charge in [-0.3, -0.25) is 0 Å². The third-order valence-electron chi connectivity index (χ3n) is 4.02. The number of likely N-dealkylation sites (N-methyl/N-ethyl adjacent to an activating group) is 1. The number of hydrogen-bond donors (Lipinski definition) is 1. The van der Waals surface area contributed by atoms with Crippen LogP contribution in [0.1, 0.15) is 25.8 Å². The largest absolute Gasteiger partial charge is 0.497 e. The predicted molar refractivity (Wildman–Crippen MR) is 88.0 cm³/mol. The van der Waals surface area contributed by atoms with E-state index < -0.39 is 5.54 Å². The molecule has 1 rings (SSSR count). The molecule has 2 N–H and O–H groups in total. The number of ether oxygens (including phenoxy) is 2. The SMILES string of the molecule is C=C(C)CC(N)(c1cc(OC)ccc1OC)C(C)N(C)C. The van der Waals surface area contributed by atoms with Gasteiger partial charge in [-0.25, -0.2) is 0 Å². The van der Waals surface area contributed by atoms with Gasteiger partial charge in [-0.2, -0.15) is 0 Å². The van der Waals surface area contributed by atoms with Gasteiger partial charge in [-0.1, -0.05) is 5.57 Å². The molecule has 2 unspecified atom stereocenters. The highest BCUT2D eigenvalue weighted by Gasteiger charge is 2.37. The van der Waals surface area contributed by atoms with E-state index in [2.05, 4.69) is 18.4 Å². The van der Waals surface area contributed by atoms with Crippen LogP contribution in [0.2, 0.25) is 0 Å². The molecule has 4 nitrogen and oxygen atoms in total. The first-order valence-corrected chi connectivity index (χ1v) is 7.08. The van der Waals surface area contributed by atoms with Crippen molar-refractivity contribution in [2.24, 2.45) is 5.73 Å². The molecule has 4 heteroatoms. The van der Waals surface area contributed by atoms with E-state index in [-0.39, 0.29) is 6.04 Å². The summed E-state index contributed by atoms with van der Waals surface area (Å²) in [5.74, 6) is 1.54. The fraction of sp³-hybridized carbons (Fsp3) is 0.529. The van der Waals surface area contributed by atoms with Crippen LogP contribution in [-0.4, -0.2) is 39.3 Å². The molecule has 21 heavy (non-hydrogen) atoms. The first-order chi connectivity index (χ1) is 9.76. The molecule has 0 radical (unpaired) electrons. The van der Waals surface area contributed by atoms with Crippen LogP contribution in [0.4, 0.5) is 0 Å². The lowest BCUT2D eigenvalue weighted by Gasteiger charge is -2.40. The third kappa shape index (κ3) is 3.77. The van der Waals surface area contributed by atoms with Crippen LogP contribution < -0.4 is 15.2 Å². The Balaban J connectivity index is 3.47. The molecule has 118 valence electrons. The molecule has 0 fully saturated rings. The normalized spacial score (nSPS) is 15.4. The second-order valence-corrected chi connectivity index (χ2v) is 5.88. The zero-order valence-electron chi connectivity index (χ0n) is 14.1. The first-order valence-electron chi connectivity index (χ1n) is 7.08. The summed E-state index contributed by atoms with van der Waals surface area (Å²) in [7, 11) is 7.36. The summed E-state index contributed by atoms with van der Waals surface area (Å²) in [6, 6.07) is 5.84. The van der Waals surface area contributed by atoms with Crippen LogP contribution in [0, 0.1) is 0 Å². The minimum Gasteiger partial charge on any atom is -0.497 e. The second kappa shape index (κ2) is 6.96. The molecule has 0 saturated carbocycles. The molecule has 0 spiro atoms. The van der Waals surface area contributed by atoms with Crippen LogP contribution >= 0.6 is 0 Å². The topological polar surface area (TPSA) is 47.7 Å². The van der Waals surface area contributed by atoms with E-state index in [9.17, 15) is 0 Å². The van der Waals surface area contributed by atoms with Gasteiger partial charge in [0.15, 0.2) is 0 Å². The Morgan fingerprint density at radius 2 is 1.95 bits per heavy atom. The predicted octanol–water partition coefficient (Wildman–Crippen LogP) is 2.77. The van der Waals surface area contributed by atoms with Gasteiger partial charge in [-0.15, -0.1) is 6.58 Å². The summed E-state index contributed by atoms with van der Waals surface area (Å²) in [6.45, 7) is 8.14. The van der Waals surface area contributed by atoms with Crippen molar-refractivity contribution in [3.05, 3.63) is 35.9 Å². The highest BCUT2D eigenvalue weighted by atomic mass is 16.5. The average molecular weight is 292 g/mol. The van der Waals surface area contributed by atoms with Crippen LogP contribution in [0.3, 0.4) is 0 Å². The van der Waals surface area contributed by atoms with E-state index >= 15 is 0 Å². The lowest BCUT2D eigenvalue weighted by atomic mass is 9.78. The van der Waals surface area contributed by atoms with Crippen molar-refractivity contribution in [3.63, 3.8) is 0 Å². The molecule has 0 aliphatic rings. The Kier molecular flexibility index (Phi) is 5.81. The van der Waals surface area contributed by atoms with Crippen LogP contribution in [-0.2, 0) is 5.54 Å². The van der Waals surface area contributed by atoms with E-state index in [1.807, 2.05) is 39.2 Å². The van der Waals surface area contributed by atoms with Crippen molar-refractivity contribution in [2.75, 3.05) is 28.3 Å². The monoisotopic (exact) mass is 292 g/mol. The quantitative estimate of drug-likeness (QED) is 0.785. The summed E-state index contributed by atoms with van der Waals surface area (Å²) in [6.07, 6.45) is 0.676. The lowest BCUT2D eigenvalue weighted by molar-refractivity contribution is 0.186. The molecule has 0 bridgehead atoms. The Labute approximate surface area is 128 Å². The van der Waals surface area contributed by atoms with Gasteiger partial charge in [0.25, 0.3) is 0 Å². The summed E-state index contributed by atoms with van der Waals surface area (Å²) in [5.41, 5.74) is 8.20. The fourth-order valence-electron chi connectivity index (χ4n) is 2.61.